The number of rotatable bonds is 4. The van der Waals surface area contributed by atoms with Crippen molar-refractivity contribution >= 4 is 53.9 Å². The molecule has 10 rings (SSSR count). The molecule has 0 amide bonds. The molecule has 8 aromatic carbocycles. The molecule has 0 spiro atoms. The summed E-state index contributed by atoms with van der Waals surface area (Å²) >= 11 is 0. The lowest BCUT2D eigenvalue weighted by molar-refractivity contribution is 1.08. The van der Waals surface area contributed by atoms with Crippen LogP contribution in [0, 0.1) is 0 Å². The first-order valence-corrected chi connectivity index (χ1v) is 16.8. The summed E-state index contributed by atoms with van der Waals surface area (Å²) in [6, 6.07) is 55.7. The largest absolute Gasteiger partial charge is 0.264 e. The van der Waals surface area contributed by atoms with Gasteiger partial charge >= 0.3 is 0 Å². The first kappa shape index (κ1) is 28.3. The van der Waals surface area contributed by atoms with Crippen molar-refractivity contribution < 1.29 is 0 Å². The first-order chi connectivity index (χ1) is 24.7. The fourth-order valence-electron chi connectivity index (χ4n) is 7.14. The van der Waals surface area contributed by atoms with E-state index in [-0.39, 0.29) is 0 Å². The normalized spacial score (nSPS) is 11.6. The van der Waals surface area contributed by atoms with Crippen molar-refractivity contribution in [2.45, 2.75) is 0 Å². The van der Waals surface area contributed by atoms with Crippen molar-refractivity contribution in [2.24, 2.45) is 0 Å². The van der Waals surface area contributed by atoms with E-state index in [0.29, 0.717) is 17.5 Å². The van der Waals surface area contributed by atoms with Crippen LogP contribution in [0.3, 0.4) is 0 Å². The topological polar surface area (TPSA) is 51.6 Å². The van der Waals surface area contributed by atoms with Gasteiger partial charge in [-0.15, -0.1) is 0 Å². The third-order valence-corrected chi connectivity index (χ3v) is 9.73. The fraction of sp³-hybridized carbons (Fsp3) is 0. The summed E-state index contributed by atoms with van der Waals surface area (Å²) in [4.78, 5) is 19.8. The molecule has 2 heterocycles. The smallest absolute Gasteiger partial charge is 0.164 e. The molecule has 2 aromatic heterocycles. The maximum absolute atomic E-state index is 5.23. The molecule has 0 aliphatic carbocycles. The maximum Gasteiger partial charge on any atom is 0.164 e. The van der Waals surface area contributed by atoms with Crippen molar-refractivity contribution in [1.29, 1.82) is 0 Å². The average molecular weight is 637 g/mol. The minimum Gasteiger partial charge on any atom is -0.264 e. The molecule has 0 unspecified atom stereocenters. The summed E-state index contributed by atoms with van der Waals surface area (Å²) in [5, 5.41) is 11.6. The number of hydrogen-bond acceptors (Lipinski definition) is 4. The minimum absolute atomic E-state index is 0.636. The molecule has 0 radical (unpaired) electrons. The van der Waals surface area contributed by atoms with Crippen molar-refractivity contribution in [2.75, 3.05) is 0 Å². The van der Waals surface area contributed by atoms with Crippen LogP contribution in [0.15, 0.2) is 170 Å². The van der Waals surface area contributed by atoms with Gasteiger partial charge in [-0.2, -0.15) is 0 Å². The maximum atomic E-state index is 5.23. The Balaban J connectivity index is 1.17. The van der Waals surface area contributed by atoms with E-state index < -0.39 is 0 Å². The Hall–Kier alpha value is -6.78. The zero-order valence-electron chi connectivity index (χ0n) is 27.0. The van der Waals surface area contributed by atoms with E-state index in [0.717, 1.165) is 54.7 Å². The Kier molecular flexibility index (Phi) is 6.46. The molecule has 0 saturated heterocycles. The molecule has 0 atom stereocenters. The van der Waals surface area contributed by atoms with Gasteiger partial charge in [0.1, 0.15) is 0 Å². The van der Waals surface area contributed by atoms with Crippen molar-refractivity contribution in [3.05, 3.63) is 170 Å². The second-order valence-electron chi connectivity index (χ2n) is 12.8. The number of nitrogens with zero attached hydrogens (tertiary/aromatic N) is 4. The van der Waals surface area contributed by atoms with Gasteiger partial charge in [-0.25, -0.2) is 15.0 Å². The molecule has 0 N–H and O–H groups in total. The van der Waals surface area contributed by atoms with E-state index in [4.69, 9.17) is 15.0 Å². The summed E-state index contributed by atoms with van der Waals surface area (Å²) in [5.74, 6) is 1.93. The van der Waals surface area contributed by atoms with Gasteiger partial charge in [0.05, 0.1) is 0 Å². The van der Waals surface area contributed by atoms with E-state index >= 15 is 0 Å². The van der Waals surface area contributed by atoms with Crippen LogP contribution < -0.4 is 0 Å². The Morgan fingerprint density at radius 3 is 1.38 bits per heavy atom. The predicted molar refractivity (Wildman–Crippen MR) is 207 cm³/mol. The fourth-order valence-corrected chi connectivity index (χ4v) is 7.14. The van der Waals surface area contributed by atoms with E-state index in [1.165, 1.54) is 26.9 Å². The lowest BCUT2D eigenvalue weighted by atomic mass is 9.98. The van der Waals surface area contributed by atoms with Crippen LogP contribution in [0.5, 0.6) is 0 Å². The van der Waals surface area contributed by atoms with Crippen LogP contribution in [0.25, 0.3) is 99.2 Å². The molecule has 10 aromatic rings. The third kappa shape index (κ3) is 4.85. The molecule has 232 valence electrons. The summed E-state index contributed by atoms with van der Waals surface area (Å²) in [6.45, 7) is 0. The van der Waals surface area contributed by atoms with Gasteiger partial charge in [0.15, 0.2) is 17.5 Å². The number of aromatic nitrogens is 4. The van der Waals surface area contributed by atoms with Gasteiger partial charge in [-0.1, -0.05) is 121 Å². The van der Waals surface area contributed by atoms with Crippen LogP contribution in [-0.4, -0.2) is 19.9 Å². The molecule has 50 heavy (non-hydrogen) atoms. The molecule has 4 nitrogen and oxygen atoms in total. The Bertz CT molecular complexity index is 2790. The summed E-state index contributed by atoms with van der Waals surface area (Å²) in [6.07, 6.45) is 3.73. The zero-order valence-corrected chi connectivity index (χ0v) is 27.0. The lowest BCUT2D eigenvalue weighted by Crippen LogP contribution is -2.01. The standard InChI is InChI=1S/C46H28N4/c1-3-9-33-26-42-37(24-31(33)7-1)11-5-13-40(42)45-48-44(30-17-15-29(16-18-30)35-19-20-39-28-47-22-21-36(39)23-35)49-46(50-45)41-14-6-12-38-25-32-8-2-4-10-34(32)27-43(38)41/h1-28H. The number of hydrogen-bond donors (Lipinski definition) is 0. The number of pyridine rings is 1. The highest BCUT2D eigenvalue weighted by atomic mass is 15.0. The molecular formula is C46H28N4. The summed E-state index contributed by atoms with van der Waals surface area (Å²) < 4.78 is 0. The van der Waals surface area contributed by atoms with Gasteiger partial charge in [0.2, 0.25) is 0 Å². The lowest BCUT2D eigenvalue weighted by Gasteiger charge is -2.13. The third-order valence-electron chi connectivity index (χ3n) is 9.73. The van der Waals surface area contributed by atoms with Crippen LogP contribution in [0.2, 0.25) is 0 Å². The molecule has 0 saturated carbocycles. The van der Waals surface area contributed by atoms with E-state index in [1.807, 2.05) is 18.5 Å². The van der Waals surface area contributed by atoms with E-state index in [1.54, 1.807) is 0 Å². The van der Waals surface area contributed by atoms with Crippen molar-refractivity contribution in [1.82, 2.24) is 19.9 Å². The van der Waals surface area contributed by atoms with Crippen molar-refractivity contribution in [3.8, 4) is 45.3 Å². The molecule has 0 aliphatic rings. The summed E-state index contributed by atoms with van der Waals surface area (Å²) in [5.41, 5.74) is 5.17. The highest BCUT2D eigenvalue weighted by Gasteiger charge is 2.17. The second kappa shape index (κ2) is 11.4. The Labute approximate surface area is 288 Å². The average Bonchev–Trinajstić information content (AvgIpc) is 3.18. The molecule has 4 heteroatoms. The molecule has 0 aliphatic heterocycles. The first-order valence-electron chi connectivity index (χ1n) is 16.8. The highest BCUT2D eigenvalue weighted by Crippen LogP contribution is 2.35. The van der Waals surface area contributed by atoms with E-state index in [2.05, 4.69) is 157 Å². The van der Waals surface area contributed by atoms with Gasteiger partial charge < -0.3 is 0 Å². The second-order valence-corrected chi connectivity index (χ2v) is 12.8. The highest BCUT2D eigenvalue weighted by molar-refractivity contribution is 6.06. The molecule has 0 bridgehead atoms. The number of benzene rings is 8. The number of fused-ring (bicyclic) bond motifs is 5. The van der Waals surface area contributed by atoms with Crippen molar-refractivity contribution in [3.63, 3.8) is 0 Å². The molecule has 0 fully saturated rings. The minimum atomic E-state index is 0.636. The van der Waals surface area contributed by atoms with Gasteiger partial charge in [0, 0.05) is 34.5 Å². The Morgan fingerprint density at radius 1 is 0.300 bits per heavy atom. The predicted octanol–water partition coefficient (Wildman–Crippen LogP) is 11.7. The van der Waals surface area contributed by atoms with Crippen LogP contribution >= 0.6 is 0 Å². The zero-order chi connectivity index (χ0) is 33.0. The van der Waals surface area contributed by atoms with Crippen LogP contribution in [0.4, 0.5) is 0 Å². The SMILES string of the molecule is c1ccc2cc3c(-c4nc(-c5ccc(-c6ccc7cnccc7c6)cc5)nc(-c5cccc6cc7ccccc7cc56)n4)cccc3cc2c1. The van der Waals surface area contributed by atoms with Gasteiger partial charge in [0.25, 0.3) is 0 Å². The monoisotopic (exact) mass is 636 g/mol. The van der Waals surface area contributed by atoms with Gasteiger partial charge in [-0.05, 0) is 96.0 Å². The van der Waals surface area contributed by atoms with Gasteiger partial charge in [-0.3, -0.25) is 4.98 Å². The van der Waals surface area contributed by atoms with Crippen LogP contribution in [0.1, 0.15) is 0 Å². The molecular weight excluding hydrogens is 609 g/mol. The van der Waals surface area contributed by atoms with Crippen LogP contribution in [-0.2, 0) is 0 Å². The van der Waals surface area contributed by atoms with E-state index in [9.17, 15) is 0 Å². The Morgan fingerprint density at radius 2 is 0.780 bits per heavy atom. The summed E-state index contributed by atoms with van der Waals surface area (Å²) in [7, 11) is 0. The quantitative estimate of drug-likeness (QED) is 0.180.